The van der Waals surface area contributed by atoms with Crippen molar-refractivity contribution in [2.24, 2.45) is 0 Å². The Morgan fingerprint density at radius 3 is 1.67 bits per heavy atom. The quantitative estimate of drug-likeness (QED) is 0.639. The van der Waals surface area contributed by atoms with Crippen LogP contribution in [0.5, 0.6) is 0 Å². The Bertz CT molecular complexity index is 22.8. The SMILES string of the molecule is CC(C)[O][Tm].[Tm]. The summed E-state index contributed by atoms with van der Waals surface area (Å²) in [7, 11) is 0. The minimum atomic E-state index is 0. The number of rotatable bonds is 1. The van der Waals surface area contributed by atoms with Crippen molar-refractivity contribution in [2.75, 3.05) is 0 Å². The molecule has 0 aliphatic carbocycles. The molecule has 0 unspecified atom stereocenters. The molecule has 0 N–H and O–H groups in total. The summed E-state index contributed by atoms with van der Waals surface area (Å²) in [6.07, 6.45) is 0.335. The summed E-state index contributed by atoms with van der Waals surface area (Å²) in [6.45, 7) is 3.94. The molecule has 1 nitrogen and oxygen atoms in total. The molecule has 0 amide bonds. The summed E-state index contributed by atoms with van der Waals surface area (Å²) in [4.78, 5) is 0. The van der Waals surface area contributed by atoms with Gasteiger partial charge in [0.1, 0.15) is 0 Å². The first-order valence-electron chi connectivity index (χ1n) is 1.50. The second-order valence-corrected chi connectivity index (χ2v) is 1.53. The van der Waals surface area contributed by atoms with Crippen LogP contribution >= 0.6 is 0 Å². The largest absolute Gasteiger partial charge is 0 e. The van der Waals surface area contributed by atoms with Crippen LogP contribution in [0.1, 0.15) is 13.8 Å². The second-order valence-electron chi connectivity index (χ2n) is 1.11. The predicted octanol–water partition coefficient (Wildman–Crippen LogP) is 0.876. The van der Waals surface area contributed by atoms with E-state index in [4.69, 9.17) is 0 Å². The minimum absolute atomic E-state index is 0. The van der Waals surface area contributed by atoms with Crippen molar-refractivity contribution in [3.05, 3.63) is 0 Å². The molecule has 0 spiro atoms. The van der Waals surface area contributed by atoms with Crippen molar-refractivity contribution in [1.29, 1.82) is 0 Å². The molecule has 0 fully saturated rings. The van der Waals surface area contributed by atoms with Crippen LogP contribution in [0, 0.1) is 72.4 Å². The number of hydrogen-bond acceptors (Lipinski definition) is 1. The summed E-state index contributed by atoms with van der Waals surface area (Å²) in [6, 6.07) is 0. The van der Waals surface area contributed by atoms with Gasteiger partial charge in [-0.05, 0) is 0 Å². The zero-order valence-corrected chi connectivity index (χ0v) is 7.10. The molecular formula is C3H7OTm2. The molecule has 0 aliphatic heterocycles. The van der Waals surface area contributed by atoms with Crippen molar-refractivity contribution < 1.29 is 73.9 Å². The summed E-state index contributed by atoms with van der Waals surface area (Å²) in [5.41, 5.74) is 0. The standard InChI is InChI=1S/C3H7O.2Tm/c1-3(2)4;;/h3H,1-2H3;;/q-1;;+1. The number of hydrogen-bond donors (Lipinski definition) is 0. The summed E-state index contributed by atoms with van der Waals surface area (Å²) in [5, 5.41) is 0. The normalized spacial score (nSPS) is 8.17. The Morgan fingerprint density at radius 2 is 1.67 bits per heavy atom. The van der Waals surface area contributed by atoms with E-state index in [9.17, 15) is 0 Å². The van der Waals surface area contributed by atoms with Gasteiger partial charge in [-0.3, -0.25) is 0 Å². The summed E-state index contributed by atoms with van der Waals surface area (Å²) < 4.78 is 4.64. The van der Waals surface area contributed by atoms with Crippen molar-refractivity contribution >= 4 is 0 Å². The van der Waals surface area contributed by atoms with Gasteiger partial charge in [0.25, 0.3) is 0 Å². The Hall–Kier alpha value is 2.43. The zero-order chi connectivity index (χ0) is 4.28. The van der Waals surface area contributed by atoms with E-state index in [1.165, 1.54) is 0 Å². The van der Waals surface area contributed by atoms with Gasteiger partial charge in [0, 0.05) is 36.9 Å². The fourth-order valence-corrected chi connectivity index (χ4v) is 0. The molecule has 0 saturated heterocycles. The molecule has 0 aromatic heterocycles. The first-order chi connectivity index (χ1) is 2.27. The molecule has 0 rings (SSSR count). The Labute approximate surface area is 91.9 Å². The van der Waals surface area contributed by atoms with Crippen LogP contribution in [0.15, 0.2) is 0 Å². The van der Waals surface area contributed by atoms with Crippen LogP contribution in [0.3, 0.4) is 0 Å². The van der Waals surface area contributed by atoms with Crippen LogP contribution in [0.4, 0.5) is 0 Å². The molecule has 0 aliphatic rings. The molecular weight excluding hydrogens is 390 g/mol. The molecule has 0 aromatic carbocycles. The Balaban J connectivity index is 0. The van der Waals surface area contributed by atoms with Gasteiger partial charge in [-0.25, -0.2) is 0 Å². The molecule has 0 heterocycles. The van der Waals surface area contributed by atoms with Gasteiger partial charge in [-0.2, -0.15) is 0 Å². The zero-order valence-electron chi connectivity index (χ0n) is 3.54. The first kappa shape index (κ1) is 11.3. The molecule has 51 valence electrons. The molecule has 1 radical (unpaired) electrons. The third kappa shape index (κ3) is 9.66. The van der Waals surface area contributed by atoms with Gasteiger partial charge in [0.2, 0.25) is 0 Å². The molecule has 6 heavy (non-hydrogen) atoms. The van der Waals surface area contributed by atoms with Crippen molar-refractivity contribution in [3.63, 3.8) is 0 Å². The van der Waals surface area contributed by atoms with E-state index in [1.54, 1.807) is 0 Å². The summed E-state index contributed by atoms with van der Waals surface area (Å²) >= 11 is 2.36. The van der Waals surface area contributed by atoms with E-state index in [1.807, 2.05) is 13.8 Å². The van der Waals surface area contributed by atoms with Crippen molar-refractivity contribution in [2.45, 2.75) is 20.0 Å². The van der Waals surface area contributed by atoms with Crippen LogP contribution in [0.2, 0.25) is 0 Å². The second kappa shape index (κ2) is 7.43. The van der Waals surface area contributed by atoms with Gasteiger partial charge in [0.05, 0.1) is 0 Å². The topological polar surface area (TPSA) is 9.23 Å². The van der Waals surface area contributed by atoms with Gasteiger partial charge >= 0.3 is 57.0 Å². The summed E-state index contributed by atoms with van der Waals surface area (Å²) in [5.74, 6) is 0. The van der Waals surface area contributed by atoms with E-state index >= 15 is 0 Å². The van der Waals surface area contributed by atoms with Crippen molar-refractivity contribution in [3.8, 4) is 0 Å². The van der Waals surface area contributed by atoms with Gasteiger partial charge in [-0.1, -0.05) is 0 Å². The smallest absolute Gasteiger partial charge is 0 e. The third-order valence-electron chi connectivity index (χ3n) is 0.131. The predicted molar refractivity (Wildman–Crippen MR) is 16.2 cm³/mol. The Morgan fingerprint density at radius 1 is 1.50 bits per heavy atom. The average Bonchev–Trinajstić information content (AvgIpc) is 1.38. The molecule has 0 saturated carbocycles. The van der Waals surface area contributed by atoms with Crippen LogP contribution in [0.25, 0.3) is 0 Å². The maximum Gasteiger partial charge on any atom is 0 e. The van der Waals surface area contributed by atoms with Crippen LogP contribution in [-0.4, -0.2) is 6.10 Å². The fourth-order valence-electron chi connectivity index (χ4n) is 0. The fraction of sp³-hybridized carbons (Fsp3) is 1.00. The van der Waals surface area contributed by atoms with E-state index in [0.29, 0.717) is 6.10 Å². The van der Waals surface area contributed by atoms with E-state index < -0.39 is 0 Å². The maximum absolute atomic E-state index is 4.64. The van der Waals surface area contributed by atoms with E-state index in [-0.39, 0.29) is 36.9 Å². The molecule has 0 aromatic rings. The minimum Gasteiger partial charge on any atom is 0 e. The third-order valence-corrected chi connectivity index (χ3v) is 0.970. The Kier molecular flexibility index (Phi) is 13.9. The van der Waals surface area contributed by atoms with Crippen molar-refractivity contribution in [1.82, 2.24) is 0 Å². The van der Waals surface area contributed by atoms with Gasteiger partial charge in [-0.15, -0.1) is 0 Å². The first-order valence-corrected chi connectivity index (χ1v) is 2.23. The maximum atomic E-state index is 4.64. The molecule has 3 heteroatoms. The van der Waals surface area contributed by atoms with E-state index in [2.05, 4.69) is 37.1 Å². The van der Waals surface area contributed by atoms with E-state index in [0.717, 1.165) is 0 Å². The average molecular weight is 397 g/mol. The molecule has 0 atom stereocenters. The van der Waals surface area contributed by atoms with Crippen LogP contribution < -0.4 is 0 Å². The van der Waals surface area contributed by atoms with Crippen LogP contribution in [-0.2, 0) is 1.55 Å². The molecule has 0 bridgehead atoms. The van der Waals surface area contributed by atoms with Gasteiger partial charge in [0.15, 0.2) is 0 Å². The monoisotopic (exact) mass is 397 g/mol. The van der Waals surface area contributed by atoms with Gasteiger partial charge < -0.3 is 0 Å².